The fraction of sp³-hybridized carbons (Fsp3) is 0.462. The van der Waals surface area contributed by atoms with Crippen LogP contribution < -0.4 is 25.9 Å². The molecule has 2 atom stereocenters. The van der Waals surface area contributed by atoms with Crippen molar-refractivity contribution >= 4 is 16.8 Å². The number of fused-ring (bicyclic) bond motifs is 5. The van der Waals surface area contributed by atoms with Crippen LogP contribution in [-0.2, 0) is 17.9 Å². The SMILES string of the molecule is COc1cc2nc(C)n(CC(=O)NCCN3CC4CC(C3)c3cccc(=O)n3C4)c(=O)c2cc1OC. The first-order valence-corrected chi connectivity index (χ1v) is 12.2. The normalized spacial score (nSPS) is 19.1. The van der Waals surface area contributed by atoms with Crippen molar-refractivity contribution in [1.82, 2.24) is 24.3 Å². The van der Waals surface area contributed by atoms with Gasteiger partial charge in [-0.25, -0.2) is 4.98 Å². The fourth-order valence-electron chi connectivity index (χ4n) is 5.58. The van der Waals surface area contributed by atoms with Crippen LogP contribution in [0.2, 0.25) is 0 Å². The van der Waals surface area contributed by atoms with E-state index in [1.807, 2.05) is 10.6 Å². The van der Waals surface area contributed by atoms with E-state index in [0.29, 0.717) is 46.6 Å². The number of benzene rings is 1. The molecule has 0 aliphatic carbocycles. The number of pyridine rings is 1. The van der Waals surface area contributed by atoms with Crippen LogP contribution in [0.3, 0.4) is 0 Å². The van der Waals surface area contributed by atoms with E-state index in [0.717, 1.165) is 38.3 Å². The third-order valence-corrected chi connectivity index (χ3v) is 7.26. The number of likely N-dealkylation sites (tertiary alicyclic amines) is 1. The number of rotatable bonds is 7. The van der Waals surface area contributed by atoms with Crippen LogP contribution in [0.4, 0.5) is 0 Å². The molecular formula is C26H31N5O5. The Bertz CT molecular complexity index is 1430. The Morgan fingerprint density at radius 2 is 1.89 bits per heavy atom. The molecule has 1 fully saturated rings. The molecule has 36 heavy (non-hydrogen) atoms. The minimum Gasteiger partial charge on any atom is -0.493 e. The Balaban J connectivity index is 1.22. The molecule has 1 amide bonds. The van der Waals surface area contributed by atoms with Gasteiger partial charge in [0.2, 0.25) is 5.91 Å². The highest BCUT2D eigenvalue weighted by Crippen LogP contribution is 2.34. The monoisotopic (exact) mass is 493 g/mol. The van der Waals surface area contributed by atoms with Crippen LogP contribution >= 0.6 is 0 Å². The molecule has 1 N–H and O–H groups in total. The van der Waals surface area contributed by atoms with E-state index in [4.69, 9.17) is 9.47 Å². The van der Waals surface area contributed by atoms with E-state index < -0.39 is 0 Å². The van der Waals surface area contributed by atoms with Gasteiger partial charge in [-0.15, -0.1) is 0 Å². The third-order valence-electron chi connectivity index (χ3n) is 7.26. The van der Waals surface area contributed by atoms with Crippen molar-refractivity contribution in [2.45, 2.75) is 32.4 Å². The summed E-state index contributed by atoms with van der Waals surface area (Å²) in [6, 6.07) is 8.78. The first-order valence-electron chi connectivity index (χ1n) is 12.2. The number of hydrogen-bond acceptors (Lipinski definition) is 7. The fourth-order valence-corrected chi connectivity index (χ4v) is 5.58. The Labute approximate surface area is 208 Å². The molecule has 1 saturated heterocycles. The molecule has 2 aromatic heterocycles. The first-order chi connectivity index (χ1) is 17.4. The second-order valence-corrected chi connectivity index (χ2v) is 9.58. The number of aryl methyl sites for hydroxylation is 1. The predicted molar refractivity (Wildman–Crippen MR) is 135 cm³/mol. The van der Waals surface area contributed by atoms with Crippen molar-refractivity contribution in [3.63, 3.8) is 0 Å². The molecule has 10 nitrogen and oxygen atoms in total. The maximum absolute atomic E-state index is 13.1. The molecule has 2 aliphatic rings. The Morgan fingerprint density at radius 3 is 2.67 bits per heavy atom. The molecule has 2 aliphatic heterocycles. The zero-order valence-corrected chi connectivity index (χ0v) is 20.8. The molecule has 0 spiro atoms. The van der Waals surface area contributed by atoms with E-state index in [-0.39, 0.29) is 23.6 Å². The van der Waals surface area contributed by atoms with Crippen LogP contribution in [0.15, 0.2) is 39.9 Å². The Morgan fingerprint density at radius 1 is 1.11 bits per heavy atom. The van der Waals surface area contributed by atoms with E-state index in [2.05, 4.69) is 21.3 Å². The molecule has 190 valence electrons. The second-order valence-electron chi connectivity index (χ2n) is 9.58. The molecule has 2 unspecified atom stereocenters. The number of hydrogen-bond donors (Lipinski definition) is 1. The van der Waals surface area contributed by atoms with Gasteiger partial charge < -0.3 is 24.3 Å². The molecular weight excluding hydrogens is 462 g/mol. The lowest BCUT2D eigenvalue weighted by Crippen LogP contribution is -2.49. The smallest absolute Gasteiger partial charge is 0.262 e. The summed E-state index contributed by atoms with van der Waals surface area (Å²) in [5.41, 5.74) is 1.38. The predicted octanol–water partition coefficient (Wildman–Crippen LogP) is 1.12. The van der Waals surface area contributed by atoms with Gasteiger partial charge in [0.05, 0.1) is 25.1 Å². The van der Waals surface area contributed by atoms with Crippen LogP contribution in [0.1, 0.15) is 23.9 Å². The van der Waals surface area contributed by atoms with E-state index in [1.54, 1.807) is 25.1 Å². The first kappa shape index (κ1) is 24.1. The maximum Gasteiger partial charge on any atom is 0.262 e. The lowest BCUT2D eigenvalue weighted by Gasteiger charge is -2.42. The van der Waals surface area contributed by atoms with Gasteiger partial charge in [-0.05, 0) is 31.4 Å². The van der Waals surface area contributed by atoms with Gasteiger partial charge in [0.1, 0.15) is 12.4 Å². The number of nitrogens with one attached hydrogen (secondary N) is 1. The van der Waals surface area contributed by atoms with Crippen molar-refractivity contribution in [3.05, 3.63) is 62.6 Å². The van der Waals surface area contributed by atoms with E-state index in [9.17, 15) is 14.4 Å². The standard InChI is InChI=1S/C26H31N5O5/c1-16-28-20-11-23(36-3)22(35-2)10-19(20)26(34)30(16)15-24(32)27-7-8-29-12-17-9-18(14-29)21-5-4-6-25(33)31(21)13-17/h4-6,10-11,17-18H,7-9,12-15H2,1-3H3,(H,27,32). The van der Waals surface area contributed by atoms with Gasteiger partial charge in [0, 0.05) is 56.5 Å². The zero-order valence-electron chi connectivity index (χ0n) is 20.8. The highest BCUT2D eigenvalue weighted by atomic mass is 16.5. The van der Waals surface area contributed by atoms with Gasteiger partial charge in [-0.2, -0.15) is 0 Å². The number of piperidine rings is 1. The summed E-state index contributed by atoms with van der Waals surface area (Å²) in [4.78, 5) is 44.9. The molecule has 0 radical (unpaired) electrons. The van der Waals surface area contributed by atoms with Crippen LogP contribution in [0.5, 0.6) is 11.5 Å². The van der Waals surface area contributed by atoms with Gasteiger partial charge >= 0.3 is 0 Å². The third kappa shape index (κ3) is 4.48. The highest BCUT2D eigenvalue weighted by molar-refractivity contribution is 5.82. The molecule has 3 aromatic rings. The van der Waals surface area contributed by atoms with Gasteiger partial charge in [-0.1, -0.05) is 6.07 Å². The number of methoxy groups -OCH3 is 2. The average molecular weight is 494 g/mol. The lowest BCUT2D eigenvalue weighted by atomic mass is 9.83. The second kappa shape index (κ2) is 9.77. The molecule has 10 heteroatoms. The number of carbonyl (C=O) groups excluding carboxylic acids is 1. The van der Waals surface area contributed by atoms with Crippen molar-refractivity contribution in [2.75, 3.05) is 40.4 Å². The molecule has 4 heterocycles. The quantitative estimate of drug-likeness (QED) is 0.526. The Hall–Kier alpha value is -3.66. The van der Waals surface area contributed by atoms with Crippen LogP contribution in [0.25, 0.3) is 10.9 Å². The molecule has 1 aromatic carbocycles. The zero-order chi connectivity index (χ0) is 25.4. The minimum atomic E-state index is -0.300. The van der Waals surface area contributed by atoms with Gasteiger partial charge in [0.15, 0.2) is 11.5 Å². The molecule has 5 rings (SSSR count). The molecule has 0 saturated carbocycles. The van der Waals surface area contributed by atoms with Gasteiger partial charge in [-0.3, -0.25) is 19.0 Å². The number of amides is 1. The minimum absolute atomic E-state index is 0.0780. The summed E-state index contributed by atoms with van der Waals surface area (Å²) in [7, 11) is 3.03. The number of carbonyl (C=O) groups is 1. The van der Waals surface area contributed by atoms with Crippen LogP contribution in [0, 0.1) is 12.8 Å². The largest absolute Gasteiger partial charge is 0.493 e. The summed E-state index contributed by atoms with van der Waals surface area (Å²) < 4.78 is 13.9. The summed E-state index contributed by atoms with van der Waals surface area (Å²) in [6.07, 6.45) is 1.10. The summed E-state index contributed by atoms with van der Waals surface area (Å²) >= 11 is 0. The summed E-state index contributed by atoms with van der Waals surface area (Å²) in [6.45, 7) is 5.34. The van der Waals surface area contributed by atoms with Crippen molar-refractivity contribution in [1.29, 1.82) is 0 Å². The summed E-state index contributed by atoms with van der Waals surface area (Å²) in [5, 5.41) is 3.31. The van der Waals surface area contributed by atoms with Crippen molar-refractivity contribution < 1.29 is 14.3 Å². The number of aromatic nitrogens is 3. The van der Waals surface area contributed by atoms with Gasteiger partial charge in [0.25, 0.3) is 11.1 Å². The average Bonchev–Trinajstić information content (AvgIpc) is 2.86. The van der Waals surface area contributed by atoms with E-state index in [1.165, 1.54) is 18.8 Å². The highest BCUT2D eigenvalue weighted by Gasteiger charge is 2.34. The Kier molecular flexibility index (Phi) is 6.53. The van der Waals surface area contributed by atoms with Crippen molar-refractivity contribution in [3.8, 4) is 11.5 Å². The maximum atomic E-state index is 13.1. The number of nitrogens with zero attached hydrogens (tertiary/aromatic N) is 4. The van der Waals surface area contributed by atoms with Crippen molar-refractivity contribution in [2.24, 2.45) is 5.92 Å². The molecule has 2 bridgehead atoms. The summed E-state index contributed by atoms with van der Waals surface area (Å²) in [5.74, 6) is 1.91. The van der Waals surface area contributed by atoms with Crippen LogP contribution in [-0.4, -0.2) is 65.3 Å². The van der Waals surface area contributed by atoms with E-state index >= 15 is 0 Å². The number of ether oxygens (including phenoxy) is 2. The topological polar surface area (TPSA) is 108 Å². The lowest BCUT2D eigenvalue weighted by molar-refractivity contribution is -0.121.